The van der Waals surface area contributed by atoms with Gasteiger partial charge in [0.15, 0.2) is 6.10 Å². The van der Waals surface area contributed by atoms with Crippen molar-refractivity contribution >= 4 is 17.5 Å². The third-order valence-electron chi connectivity index (χ3n) is 4.06. The van der Waals surface area contributed by atoms with Crippen LogP contribution in [0, 0.1) is 20.8 Å². The monoisotopic (exact) mass is 345 g/mol. The molecule has 0 unspecified atom stereocenters. The first-order valence-corrected chi connectivity index (χ1v) is 8.46. The average Bonchev–Trinajstić information content (AvgIpc) is 2.50. The number of hydrogen-bond acceptors (Lipinski definition) is 2. The Hall–Kier alpha value is -2.00. The molecule has 1 N–H and O–H groups in total. The highest BCUT2D eigenvalue weighted by Gasteiger charge is 2.18. The third-order valence-corrected chi connectivity index (χ3v) is 4.49. The molecule has 0 radical (unpaired) electrons. The zero-order valence-electron chi connectivity index (χ0n) is 14.8. The SMILES string of the molecule is Cc1ccc([C@@H](C)NC(=O)[C@H](C)Oc2ccc(Cl)c(C)c2)c(C)c1. The average molecular weight is 346 g/mol. The lowest BCUT2D eigenvalue weighted by Gasteiger charge is -2.20. The van der Waals surface area contributed by atoms with E-state index in [0.717, 1.165) is 11.1 Å². The van der Waals surface area contributed by atoms with Gasteiger partial charge in [-0.1, -0.05) is 35.4 Å². The zero-order chi connectivity index (χ0) is 17.9. The Morgan fingerprint density at radius 3 is 2.38 bits per heavy atom. The van der Waals surface area contributed by atoms with Crippen molar-refractivity contribution in [2.45, 2.75) is 46.8 Å². The van der Waals surface area contributed by atoms with Gasteiger partial charge in [0.2, 0.25) is 0 Å². The molecule has 0 saturated heterocycles. The fourth-order valence-electron chi connectivity index (χ4n) is 2.67. The van der Waals surface area contributed by atoms with E-state index in [1.165, 1.54) is 11.1 Å². The highest BCUT2D eigenvalue weighted by atomic mass is 35.5. The normalized spacial score (nSPS) is 13.2. The van der Waals surface area contributed by atoms with Crippen LogP contribution in [0.5, 0.6) is 5.75 Å². The molecular formula is C20H24ClNO2. The fraction of sp³-hybridized carbons (Fsp3) is 0.350. The molecule has 0 fully saturated rings. The van der Waals surface area contributed by atoms with Gasteiger partial charge in [-0.25, -0.2) is 0 Å². The van der Waals surface area contributed by atoms with Crippen molar-refractivity contribution in [2.75, 3.05) is 0 Å². The minimum absolute atomic E-state index is 0.0731. The second-order valence-electron chi connectivity index (χ2n) is 6.26. The number of rotatable bonds is 5. The number of benzene rings is 2. The zero-order valence-corrected chi connectivity index (χ0v) is 15.6. The van der Waals surface area contributed by atoms with Gasteiger partial charge in [0.05, 0.1) is 6.04 Å². The first kappa shape index (κ1) is 18.3. The molecule has 3 nitrogen and oxygen atoms in total. The van der Waals surface area contributed by atoms with Crippen LogP contribution in [0.4, 0.5) is 0 Å². The van der Waals surface area contributed by atoms with E-state index in [2.05, 4.69) is 37.4 Å². The second kappa shape index (κ2) is 7.71. The van der Waals surface area contributed by atoms with Crippen molar-refractivity contribution in [3.8, 4) is 5.75 Å². The predicted octanol–water partition coefficient (Wildman–Crippen LogP) is 4.91. The van der Waals surface area contributed by atoms with Crippen LogP contribution >= 0.6 is 11.6 Å². The largest absolute Gasteiger partial charge is 0.481 e. The summed E-state index contributed by atoms with van der Waals surface area (Å²) < 4.78 is 5.73. The summed E-state index contributed by atoms with van der Waals surface area (Å²) in [5, 5.41) is 3.70. The predicted molar refractivity (Wildman–Crippen MR) is 98.8 cm³/mol. The third kappa shape index (κ3) is 4.51. The first-order chi connectivity index (χ1) is 11.3. The van der Waals surface area contributed by atoms with Crippen molar-refractivity contribution < 1.29 is 9.53 Å². The van der Waals surface area contributed by atoms with Crippen LogP contribution in [0.1, 0.15) is 42.1 Å². The molecule has 128 valence electrons. The number of aryl methyl sites for hydroxylation is 3. The Morgan fingerprint density at radius 2 is 1.75 bits per heavy atom. The molecule has 0 aliphatic rings. The molecule has 0 heterocycles. The molecule has 0 spiro atoms. The van der Waals surface area contributed by atoms with Gasteiger partial charge in [-0.3, -0.25) is 4.79 Å². The summed E-state index contributed by atoms with van der Waals surface area (Å²) >= 11 is 6.01. The van der Waals surface area contributed by atoms with E-state index in [4.69, 9.17) is 16.3 Å². The molecule has 0 aliphatic heterocycles. The van der Waals surface area contributed by atoms with E-state index in [0.29, 0.717) is 10.8 Å². The van der Waals surface area contributed by atoms with Crippen molar-refractivity contribution in [3.63, 3.8) is 0 Å². The quantitative estimate of drug-likeness (QED) is 0.836. The number of halogens is 1. The number of nitrogens with one attached hydrogen (secondary N) is 1. The van der Waals surface area contributed by atoms with Crippen LogP contribution in [-0.2, 0) is 4.79 Å². The maximum absolute atomic E-state index is 12.4. The Balaban J connectivity index is 2.01. The van der Waals surface area contributed by atoms with E-state index in [1.807, 2.05) is 19.9 Å². The molecule has 4 heteroatoms. The minimum atomic E-state index is -0.584. The lowest BCUT2D eigenvalue weighted by atomic mass is 10.0. The first-order valence-electron chi connectivity index (χ1n) is 8.08. The van der Waals surface area contributed by atoms with Crippen LogP contribution in [0.25, 0.3) is 0 Å². The minimum Gasteiger partial charge on any atom is -0.481 e. The molecular weight excluding hydrogens is 322 g/mol. The van der Waals surface area contributed by atoms with Crippen molar-refractivity contribution in [1.82, 2.24) is 5.32 Å². The number of amides is 1. The van der Waals surface area contributed by atoms with Crippen LogP contribution in [-0.4, -0.2) is 12.0 Å². The molecule has 0 aromatic heterocycles. The maximum atomic E-state index is 12.4. The molecule has 2 rings (SSSR count). The fourth-order valence-corrected chi connectivity index (χ4v) is 2.79. The van der Waals surface area contributed by atoms with E-state index >= 15 is 0 Å². The summed E-state index contributed by atoms with van der Waals surface area (Å²) in [5.41, 5.74) is 4.42. The Bertz CT molecular complexity index is 742. The Kier molecular flexibility index (Phi) is 5.89. The number of ether oxygens (including phenoxy) is 1. The number of carbonyl (C=O) groups is 1. The summed E-state index contributed by atoms with van der Waals surface area (Å²) in [6.45, 7) is 9.75. The summed E-state index contributed by atoms with van der Waals surface area (Å²) in [4.78, 5) is 12.4. The van der Waals surface area contributed by atoms with Crippen molar-refractivity contribution in [3.05, 3.63) is 63.7 Å². The summed E-state index contributed by atoms with van der Waals surface area (Å²) in [6, 6.07) is 11.5. The summed E-state index contributed by atoms with van der Waals surface area (Å²) in [5.74, 6) is 0.494. The number of hydrogen-bond donors (Lipinski definition) is 1. The van der Waals surface area contributed by atoms with Crippen LogP contribution in [0.15, 0.2) is 36.4 Å². The van der Waals surface area contributed by atoms with Gasteiger partial charge in [0.25, 0.3) is 5.91 Å². The van der Waals surface area contributed by atoms with E-state index < -0.39 is 6.10 Å². The van der Waals surface area contributed by atoms with Gasteiger partial charge < -0.3 is 10.1 Å². The van der Waals surface area contributed by atoms with E-state index in [9.17, 15) is 4.79 Å². The number of carbonyl (C=O) groups excluding carboxylic acids is 1. The van der Waals surface area contributed by atoms with Gasteiger partial charge >= 0.3 is 0 Å². The van der Waals surface area contributed by atoms with E-state index in [-0.39, 0.29) is 11.9 Å². The van der Waals surface area contributed by atoms with Crippen molar-refractivity contribution in [1.29, 1.82) is 0 Å². The maximum Gasteiger partial charge on any atom is 0.261 e. The topological polar surface area (TPSA) is 38.3 Å². The summed E-state index contributed by atoms with van der Waals surface area (Å²) in [7, 11) is 0. The van der Waals surface area contributed by atoms with Gasteiger partial charge in [-0.15, -0.1) is 0 Å². The highest BCUT2D eigenvalue weighted by Crippen LogP contribution is 2.22. The molecule has 24 heavy (non-hydrogen) atoms. The van der Waals surface area contributed by atoms with Crippen LogP contribution in [0.3, 0.4) is 0 Å². The van der Waals surface area contributed by atoms with E-state index in [1.54, 1.807) is 19.1 Å². The molecule has 2 atom stereocenters. The molecule has 0 saturated carbocycles. The standard InChI is InChI=1S/C20H24ClNO2/c1-12-6-8-18(13(2)10-12)15(4)22-20(23)16(5)24-17-7-9-19(21)14(3)11-17/h6-11,15-16H,1-5H3,(H,22,23)/t15-,16+/m1/s1. The second-order valence-corrected chi connectivity index (χ2v) is 6.67. The van der Waals surface area contributed by atoms with Gasteiger partial charge in [-0.2, -0.15) is 0 Å². The van der Waals surface area contributed by atoms with Crippen molar-refractivity contribution in [2.24, 2.45) is 0 Å². The van der Waals surface area contributed by atoms with Gasteiger partial charge in [0.1, 0.15) is 5.75 Å². The van der Waals surface area contributed by atoms with Crippen LogP contribution < -0.4 is 10.1 Å². The highest BCUT2D eigenvalue weighted by molar-refractivity contribution is 6.31. The molecule has 0 bridgehead atoms. The smallest absolute Gasteiger partial charge is 0.261 e. The molecule has 0 aliphatic carbocycles. The molecule has 1 amide bonds. The van der Waals surface area contributed by atoms with Gasteiger partial charge in [-0.05, 0) is 69.5 Å². The molecule has 2 aromatic rings. The van der Waals surface area contributed by atoms with Crippen LogP contribution in [0.2, 0.25) is 5.02 Å². The lowest BCUT2D eigenvalue weighted by Crippen LogP contribution is -2.38. The van der Waals surface area contributed by atoms with Gasteiger partial charge in [0, 0.05) is 5.02 Å². The summed E-state index contributed by atoms with van der Waals surface area (Å²) in [6.07, 6.45) is -0.584. The Labute approximate surface area is 149 Å². The molecule has 2 aromatic carbocycles. The Morgan fingerprint density at radius 1 is 1.04 bits per heavy atom. The lowest BCUT2D eigenvalue weighted by molar-refractivity contribution is -0.127.